The lowest BCUT2D eigenvalue weighted by atomic mass is 10.4. The van der Waals surface area contributed by atoms with Crippen LogP contribution in [0.15, 0.2) is 247 Å². The van der Waals surface area contributed by atoms with Crippen molar-refractivity contribution in [1.82, 2.24) is 0 Å². The van der Waals surface area contributed by atoms with E-state index in [4.69, 9.17) is 49.4 Å². The molecule has 1 aliphatic carbocycles. The molecule has 6 saturated heterocycles. The molecule has 0 radical (unpaired) electrons. The summed E-state index contributed by atoms with van der Waals surface area (Å²) in [7, 11) is -38.0. The molecule has 334 valence electrons. The first-order valence-electron chi connectivity index (χ1n) is 22.0. The summed E-state index contributed by atoms with van der Waals surface area (Å²) < 4.78 is 97.0. The lowest BCUT2D eigenvalue weighted by Gasteiger charge is -2.62. The Kier molecular flexibility index (Phi) is 10.2. The van der Waals surface area contributed by atoms with Crippen LogP contribution in [-0.2, 0) is 49.4 Å². The fourth-order valence-corrected chi connectivity index (χ4v) is 55.1. The molecule has 0 atom stereocenters. The van der Waals surface area contributed by atoms with Gasteiger partial charge in [0.2, 0.25) is 0 Å². The average molecular weight is 1030 g/mol. The smallest absolute Gasteiger partial charge is 0.366 e. The Labute approximate surface area is 401 Å². The maximum Gasteiger partial charge on any atom is 0.516 e. The van der Waals surface area contributed by atoms with E-state index >= 15 is 0 Å². The van der Waals surface area contributed by atoms with Crippen LogP contribution < -0.4 is 36.3 Å². The van der Waals surface area contributed by atoms with Gasteiger partial charge in [0, 0.05) is 41.5 Å². The fraction of sp³-hybridized carbons (Fsp3) is 0. The third kappa shape index (κ3) is 6.81. The van der Waals surface area contributed by atoms with Crippen LogP contribution in [-0.4, -0.2) is 70.4 Å². The minimum absolute atomic E-state index is 0.484. The van der Waals surface area contributed by atoms with Crippen LogP contribution in [0, 0.1) is 0 Å². The van der Waals surface area contributed by atoms with Gasteiger partial charge >= 0.3 is 70.4 Å². The Morgan fingerprint density at radius 2 is 0.412 bits per heavy atom. The van der Waals surface area contributed by atoms with Crippen LogP contribution in [0.1, 0.15) is 0 Å². The highest BCUT2D eigenvalue weighted by Crippen LogP contribution is 2.50. The number of hydrogen-bond donors (Lipinski definition) is 0. The zero-order valence-corrected chi connectivity index (χ0v) is 43.8. The lowest BCUT2D eigenvalue weighted by molar-refractivity contribution is -0.00398. The van der Waals surface area contributed by atoms with Gasteiger partial charge in [-0.15, -0.1) is 0 Å². The monoisotopic (exact) mass is 1030 g/mol. The molecule has 68 heavy (non-hydrogen) atoms. The van der Waals surface area contributed by atoms with Crippen molar-refractivity contribution in [3.05, 3.63) is 247 Å². The fourth-order valence-electron chi connectivity index (χ4n) is 9.07. The maximum absolute atomic E-state index is 8.09. The van der Waals surface area contributed by atoms with Gasteiger partial charge in [-0.05, 0) is 18.2 Å². The highest BCUT2D eigenvalue weighted by atomic mass is 28.6. The van der Waals surface area contributed by atoms with Crippen LogP contribution >= 0.6 is 0 Å². The lowest BCUT2D eigenvalue weighted by Crippen LogP contribution is -2.95. The quantitative estimate of drug-likeness (QED) is 0.165. The summed E-state index contributed by atoms with van der Waals surface area (Å²) in [6.45, 7) is 0. The van der Waals surface area contributed by atoms with Crippen LogP contribution in [0.4, 0.5) is 0 Å². The highest BCUT2D eigenvalue weighted by Gasteiger charge is 2.86. The SMILES string of the molecule is C1=C=CC([Si]23O[Si]4(c5ccccc5)O[Si]5(c6ccccc6)O[Si](c6ccccc6)(O2)O[Si]2(c6ccccc6)O[Si](c6ccccc6)(O3)O[Si](c3ccccc3)(O4)O[Si](c3ccccc3)(O5)O2)=CC=1. The summed E-state index contributed by atoms with van der Waals surface area (Å²) in [6.07, 6.45) is 5.32. The van der Waals surface area contributed by atoms with E-state index in [2.05, 4.69) is 11.5 Å². The zero-order valence-electron chi connectivity index (χ0n) is 35.8. The first-order valence-corrected chi connectivity index (χ1v) is 35.8. The molecule has 7 aromatic rings. The van der Waals surface area contributed by atoms with Gasteiger partial charge < -0.3 is 49.4 Å². The van der Waals surface area contributed by atoms with Crippen LogP contribution in [0.5, 0.6) is 0 Å². The van der Waals surface area contributed by atoms with E-state index < -0.39 is 70.4 Å². The molecule has 0 unspecified atom stereocenters. The Hall–Kier alpha value is -5.16. The third-order valence-corrected chi connectivity index (χ3v) is 46.2. The van der Waals surface area contributed by atoms with E-state index in [0.29, 0.717) is 41.5 Å². The molecule has 12 nitrogen and oxygen atoms in total. The molecule has 6 aliphatic heterocycles. The van der Waals surface area contributed by atoms with E-state index in [1.165, 1.54) is 0 Å². The van der Waals surface area contributed by atoms with Gasteiger partial charge in [-0.25, -0.2) is 0 Å². The summed E-state index contributed by atoms with van der Waals surface area (Å²) >= 11 is 0. The summed E-state index contributed by atoms with van der Waals surface area (Å²) in [5, 5.41) is 4.38. The van der Waals surface area contributed by atoms with E-state index in [0.717, 1.165) is 0 Å². The molecule has 0 spiro atoms. The molecule has 6 fully saturated rings. The Morgan fingerprint density at radius 1 is 0.221 bits per heavy atom. The molecule has 0 saturated carbocycles. The Balaban J connectivity index is 1.25. The largest absolute Gasteiger partial charge is 0.516 e. The minimum atomic E-state index is -4.78. The van der Waals surface area contributed by atoms with Crippen LogP contribution in [0.25, 0.3) is 0 Å². The topological polar surface area (TPSA) is 111 Å². The molecule has 14 rings (SSSR count). The van der Waals surface area contributed by atoms with Crippen molar-refractivity contribution in [3.63, 3.8) is 0 Å². The number of allylic oxidation sites excluding steroid dienone is 4. The first kappa shape index (κ1) is 42.9. The van der Waals surface area contributed by atoms with Gasteiger partial charge in [0.05, 0.1) is 0 Å². The normalized spacial score (nSPS) is 34.3. The van der Waals surface area contributed by atoms with E-state index in [9.17, 15) is 0 Å². The molecule has 0 aromatic heterocycles. The number of hydrogen-bond acceptors (Lipinski definition) is 12. The predicted molar refractivity (Wildman–Crippen MR) is 266 cm³/mol. The Morgan fingerprint density at radius 3 is 0.588 bits per heavy atom. The minimum Gasteiger partial charge on any atom is -0.366 e. The standard InChI is InChI=1S/C48H38O12Si8/c1-9-25-41(26-10-1)61-49-62(42-27-11-2-12-28-42)52-65(45-33-17-5-18-34-45)54-63(50-61,43-29-13-3-14-30-43)56-67(47-37-21-7-22-38-47)57-64(51-61,44-31-15-4-16-32-44)55-66(53-62,46-35-19-6-20-36-46)59-68(58-65,60-67)48-39-23-8-24-40-48/h1-7,9-23,25-40H. The number of benzene rings is 7. The second-order valence-electron chi connectivity index (χ2n) is 16.5. The van der Waals surface area contributed by atoms with Crippen molar-refractivity contribution < 1.29 is 49.4 Å². The summed E-state index contributed by atoms with van der Waals surface area (Å²) in [4.78, 5) is 0. The van der Waals surface area contributed by atoms with Crippen LogP contribution in [0.2, 0.25) is 0 Å². The third-order valence-electron chi connectivity index (χ3n) is 12.1. The molecular formula is C48H38O12Si8. The van der Waals surface area contributed by atoms with E-state index in [1.807, 2.05) is 218 Å². The van der Waals surface area contributed by atoms with Gasteiger partial charge in [-0.2, -0.15) is 0 Å². The van der Waals surface area contributed by atoms with E-state index in [-0.39, 0.29) is 0 Å². The number of rotatable bonds is 8. The summed E-state index contributed by atoms with van der Waals surface area (Å²) in [5.41, 5.74) is 6.22. The van der Waals surface area contributed by atoms with Crippen molar-refractivity contribution in [3.8, 4) is 0 Å². The van der Waals surface area contributed by atoms with Crippen LogP contribution in [0.3, 0.4) is 0 Å². The summed E-state index contributed by atoms with van der Waals surface area (Å²) in [5.74, 6) is 0. The molecule has 7 aromatic carbocycles. The van der Waals surface area contributed by atoms with Crippen molar-refractivity contribution in [2.75, 3.05) is 0 Å². The molecule has 6 heterocycles. The average Bonchev–Trinajstić information content (AvgIpc) is 3.38. The van der Waals surface area contributed by atoms with E-state index in [1.54, 1.807) is 12.2 Å². The maximum atomic E-state index is 8.09. The molecule has 7 aliphatic rings. The summed E-state index contributed by atoms with van der Waals surface area (Å²) in [6, 6.07) is 67.0. The second-order valence-corrected chi connectivity index (χ2v) is 39.8. The molecule has 20 heteroatoms. The second kappa shape index (κ2) is 16.2. The van der Waals surface area contributed by atoms with Gasteiger partial charge in [-0.1, -0.05) is 224 Å². The van der Waals surface area contributed by atoms with Crippen molar-refractivity contribution in [2.24, 2.45) is 0 Å². The van der Waals surface area contributed by atoms with Gasteiger partial charge in [0.25, 0.3) is 0 Å². The highest BCUT2D eigenvalue weighted by molar-refractivity contribution is 7.14. The Bertz CT molecular complexity index is 2870. The zero-order chi connectivity index (χ0) is 45.4. The first-order chi connectivity index (χ1) is 33.3. The molecule has 0 amide bonds. The van der Waals surface area contributed by atoms with Gasteiger partial charge in [0.1, 0.15) is 0 Å². The van der Waals surface area contributed by atoms with Gasteiger partial charge in [0.15, 0.2) is 0 Å². The molecule has 0 N–H and O–H groups in total. The van der Waals surface area contributed by atoms with Crippen molar-refractivity contribution >= 4 is 107 Å². The van der Waals surface area contributed by atoms with Gasteiger partial charge in [-0.3, -0.25) is 0 Å². The van der Waals surface area contributed by atoms with Crippen molar-refractivity contribution in [1.29, 1.82) is 0 Å². The van der Waals surface area contributed by atoms with Crippen molar-refractivity contribution in [2.45, 2.75) is 0 Å². The molecular weight excluding hydrogens is 993 g/mol. The predicted octanol–water partition coefficient (Wildman–Crippen LogP) is 3.46. The molecule has 8 bridgehead atoms.